The van der Waals surface area contributed by atoms with Crippen LogP contribution in [0.3, 0.4) is 0 Å². The van der Waals surface area contributed by atoms with Gasteiger partial charge in [-0.25, -0.2) is 0 Å². The Hall–Kier alpha value is -1.44. The van der Waals surface area contributed by atoms with E-state index in [0.717, 1.165) is 3.57 Å². The van der Waals surface area contributed by atoms with Crippen LogP contribution in [-0.4, -0.2) is 35.2 Å². The van der Waals surface area contributed by atoms with E-state index < -0.39 is 17.9 Å². The van der Waals surface area contributed by atoms with Crippen LogP contribution in [0.25, 0.3) is 0 Å². The van der Waals surface area contributed by atoms with Gasteiger partial charge in [0.15, 0.2) is 0 Å². The van der Waals surface area contributed by atoms with Crippen molar-refractivity contribution in [3.63, 3.8) is 0 Å². The molecular formula is C12H11IN2O3. The number of carbonyl (C=O) groups is 3. The van der Waals surface area contributed by atoms with Crippen LogP contribution in [0.2, 0.25) is 0 Å². The SMILES string of the molecule is CC1C(=O)NC(=O)CN1C(=O)c1ccc(I)cc1. The van der Waals surface area contributed by atoms with Crippen molar-refractivity contribution in [2.24, 2.45) is 0 Å². The van der Waals surface area contributed by atoms with Gasteiger partial charge in [0, 0.05) is 9.13 Å². The zero-order chi connectivity index (χ0) is 13.3. The molecule has 1 aliphatic rings. The third-order valence-corrected chi connectivity index (χ3v) is 3.49. The van der Waals surface area contributed by atoms with Crippen molar-refractivity contribution in [1.82, 2.24) is 10.2 Å². The van der Waals surface area contributed by atoms with E-state index in [-0.39, 0.29) is 12.5 Å². The van der Waals surface area contributed by atoms with E-state index in [1.165, 1.54) is 4.90 Å². The third kappa shape index (κ3) is 2.53. The van der Waals surface area contributed by atoms with Crippen LogP contribution in [0.15, 0.2) is 24.3 Å². The average Bonchev–Trinajstić information content (AvgIpc) is 2.34. The Kier molecular flexibility index (Phi) is 3.65. The van der Waals surface area contributed by atoms with Crippen LogP contribution in [0, 0.1) is 3.57 Å². The van der Waals surface area contributed by atoms with Crippen molar-refractivity contribution in [3.05, 3.63) is 33.4 Å². The maximum absolute atomic E-state index is 12.2. The highest BCUT2D eigenvalue weighted by molar-refractivity contribution is 14.1. The third-order valence-electron chi connectivity index (χ3n) is 2.78. The number of halogens is 1. The van der Waals surface area contributed by atoms with Crippen LogP contribution in [0.5, 0.6) is 0 Å². The molecule has 1 unspecified atom stereocenters. The molecule has 1 fully saturated rings. The quantitative estimate of drug-likeness (QED) is 0.596. The van der Waals surface area contributed by atoms with E-state index in [1.807, 2.05) is 12.1 Å². The summed E-state index contributed by atoms with van der Waals surface area (Å²) in [5, 5.41) is 2.20. The van der Waals surface area contributed by atoms with Gasteiger partial charge in [-0.2, -0.15) is 0 Å². The van der Waals surface area contributed by atoms with Crippen molar-refractivity contribution in [2.75, 3.05) is 6.54 Å². The van der Waals surface area contributed by atoms with Gasteiger partial charge in [-0.3, -0.25) is 19.7 Å². The first-order valence-corrected chi connectivity index (χ1v) is 6.47. The van der Waals surface area contributed by atoms with E-state index in [0.29, 0.717) is 5.56 Å². The fourth-order valence-corrected chi connectivity index (χ4v) is 2.08. The molecular weight excluding hydrogens is 347 g/mol. The number of nitrogens with zero attached hydrogens (tertiary/aromatic N) is 1. The Labute approximate surface area is 118 Å². The Bertz CT molecular complexity index is 513. The Morgan fingerprint density at radius 1 is 1.33 bits per heavy atom. The summed E-state index contributed by atoms with van der Waals surface area (Å²) in [4.78, 5) is 36.3. The lowest BCUT2D eigenvalue weighted by Crippen LogP contribution is -2.58. The molecule has 94 valence electrons. The summed E-state index contributed by atoms with van der Waals surface area (Å²) in [5.74, 6) is -1.19. The molecule has 1 aromatic rings. The van der Waals surface area contributed by atoms with Gasteiger partial charge < -0.3 is 4.90 Å². The summed E-state index contributed by atoms with van der Waals surface area (Å²) in [6.45, 7) is 1.52. The smallest absolute Gasteiger partial charge is 0.254 e. The zero-order valence-corrected chi connectivity index (χ0v) is 11.8. The minimum absolute atomic E-state index is 0.0856. The van der Waals surface area contributed by atoms with E-state index in [2.05, 4.69) is 27.9 Å². The summed E-state index contributed by atoms with van der Waals surface area (Å²) >= 11 is 2.14. The largest absolute Gasteiger partial charge is 0.318 e. The highest BCUT2D eigenvalue weighted by atomic mass is 127. The fourth-order valence-electron chi connectivity index (χ4n) is 1.72. The van der Waals surface area contributed by atoms with Gasteiger partial charge in [-0.05, 0) is 53.8 Å². The van der Waals surface area contributed by atoms with Crippen LogP contribution in [-0.2, 0) is 9.59 Å². The molecule has 0 saturated carbocycles. The second kappa shape index (κ2) is 5.05. The van der Waals surface area contributed by atoms with Crippen molar-refractivity contribution in [2.45, 2.75) is 13.0 Å². The standard InChI is InChI=1S/C12H11IN2O3/c1-7-11(17)14-10(16)6-15(7)12(18)8-2-4-9(13)5-3-8/h2-5,7H,6H2,1H3,(H,14,16,17). The maximum Gasteiger partial charge on any atom is 0.254 e. The number of amides is 3. The first-order chi connectivity index (χ1) is 8.49. The lowest BCUT2D eigenvalue weighted by Gasteiger charge is -2.31. The first-order valence-electron chi connectivity index (χ1n) is 5.39. The second-order valence-corrected chi connectivity index (χ2v) is 5.27. The molecule has 0 aliphatic carbocycles. The Balaban J connectivity index is 2.24. The van der Waals surface area contributed by atoms with Crippen LogP contribution in [0.1, 0.15) is 17.3 Å². The Morgan fingerprint density at radius 3 is 2.56 bits per heavy atom. The predicted molar refractivity (Wildman–Crippen MR) is 72.8 cm³/mol. The number of hydrogen-bond acceptors (Lipinski definition) is 3. The van der Waals surface area contributed by atoms with Gasteiger partial charge in [-0.15, -0.1) is 0 Å². The highest BCUT2D eigenvalue weighted by Gasteiger charge is 2.33. The maximum atomic E-state index is 12.2. The molecule has 1 saturated heterocycles. The lowest BCUT2D eigenvalue weighted by atomic mass is 10.1. The van der Waals surface area contributed by atoms with E-state index in [9.17, 15) is 14.4 Å². The molecule has 18 heavy (non-hydrogen) atoms. The molecule has 1 heterocycles. The van der Waals surface area contributed by atoms with Gasteiger partial charge >= 0.3 is 0 Å². The topological polar surface area (TPSA) is 66.5 Å². The molecule has 0 aromatic heterocycles. The van der Waals surface area contributed by atoms with E-state index in [4.69, 9.17) is 0 Å². The fraction of sp³-hybridized carbons (Fsp3) is 0.250. The number of rotatable bonds is 1. The molecule has 0 radical (unpaired) electrons. The molecule has 2 rings (SSSR count). The molecule has 1 aliphatic heterocycles. The van der Waals surface area contributed by atoms with Crippen molar-refractivity contribution in [3.8, 4) is 0 Å². The van der Waals surface area contributed by atoms with Crippen molar-refractivity contribution < 1.29 is 14.4 Å². The minimum atomic E-state index is -0.630. The van der Waals surface area contributed by atoms with Gasteiger partial charge in [0.05, 0.1) is 0 Å². The monoisotopic (exact) mass is 358 g/mol. The molecule has 0 spiro atoms. The van der Waals surface area contributed by atoms with E-state index in [1.54, 1.807) is 19.1 Å². The van der Waals surface area contributed by atoms with Gasteiger partial charge in [0.25, 0.3) is 5.91 Å². The molecule has 6 heteroatoms. The van der Waals surface area contributed by atoms with Gasteiger partial charge in [-0.1, -0.05) is 0 Å². The number of nitrogens with one attached hydrogen (secondary N) is 1. The normalized spacial score (nSPS) is 19.7. The number of benzene rings is 1. The van der Waals surface area contributed by atoms with Crippen LogP contribution < -0.4 is 5.32 Å². The summed E-state index contributed by atoms with van der Waals surface area (Å²) in [7, 11) is 0. The first kappa shape index (κ1) is 13.0. The molecule has 3 amide bonds. The average molecular weight is 358 g/mol. The summed E-state index contributed by atoms with van der Waals surface area (Å²) in [6.07, 6.45) is 0. The van der Waals surface area contributed by atoms with Crippen LogP contribution >= 0.6 is 22.6 Å². The molecule has 1 atom stereocenters. The summed E-state index contributed by atoms with van der Waals surface area (Å²) in [5.41, 5.74) is 0.477. The van der Waals surface area contributed by atoms with Crippen LogP contribution in [0.4, 0.5) is 0 Å². The predicted octanol–water partition coefficient (Wildman–Crippen LogP) is 0.778. The van der Waals surface area contributed by atoms with Crippen molar-refractivity contribution in [1.29, 1.82) is 0 Å². The molecule has 1 N–H and O–H groups in total. The minimum Gasteiger partial charge on any atom is -0.318 e. The zero-order valence-electron chi connectivity index (χ0n) is 9.64. The summed E-state index contributed by atoms with van der Waals surface area (Å²) < 4.78 is 1.02. The number of piperazine rings is 1. The number of carbonyl (C=O) groups excluding carboxylic acids is 3. The molecule has 5 nitrogen and oxygen atoms in total. The molecule has 1 aromatic carbocycles. The van der Waals surface area contributed by atoms with Gasteiger partial charge in [0.1, 0.15) is 12.6 Å². The van der Waals surface area contributed by atoms with Crippen molar-refractivity contribution >= 4 is 40.3 Å². The summed E-state index contributed by atoms with van der Waals surface area (Å²) in [6, 6.07) is 6.37. The number of imide groups is 1. The second-order valence-electron chi connectivity index (χ2n) is 4.03. The molecule has 0 bridgehead atoms. The van der Waals surface area contributed by atoms with Gasteiger partial charge in [0.2, 0.25) is 11.8 Å². The lowest BCUT2D eigenvalue weighted by molar-refractivity contribution is -0.138. The highest BCUT2D eigenvalue weighted by Crippen LogP contribution is 2.13. The number of hydrogen-bond donors (Lipinski definition) is 1. The van der Waals surface area contributed by atoms with E-state index >= 15 is 0 Å². The Morgan fingerprint density at radius 2 is 1.94 bits per heavy atom.